The second-order valence-corrected chi connectivity index (χ2v) is 5.67. The third kappa shape index (κ3) is 3.36. The molecule has 0 heterocycles. The van der Waals surface area contributed by atoms with Crippen LogP contribution in [0, 0.1) is 13.8 Å². The van der Waals surface area contributed by atoms with Crippen molar-refractivity contribution in [3.8, 4) is 0 Å². The number of nitrogens with zero attached hydrogens (tertiary/aromatic N) is 1. The van der Waals surface area contributed by atoms with Crippen molar-refractivity contribution in [1.29, 1.82) is 0 Å². The Morgan fingerprint density at radius 2 is 1.65 bits per heavy atom. The van der Waals surface area contributed by atoms with E-state index in [0.717, 1.165) is 17.8 Å². The zero-order valence-electron chi connectivity index (χ0n) is 12.2. The van der Waals surface area contributed by atoms with E-state index in [1.54, 1.807) is 0 Å². The fourth-order valence-corrected chi connectivity index (χ4v) is 2.40. The Morgan fingerprint density at radius 1 is 1.05 bits per heavy atom. The van der Waals surface area contributed by atoms with Crippen molar-refractivity contribution in [2.45, 2.75) is 20.4 Å². The highest BCUT2D eigenvalue weighted by molar-refractivity contribution is 7.80. The topological polar surface area (TPSA) is 29.3 Å². The van der Waals surface area contributed by atoms with Gasteiger partial charge in [-0.25, -0.2) is 0 Å². The van der Waals surface area contributed by atoms with Gasteiger partial charge in [-0.1, -0.05) is 53.7 Å². The minimum atomic E-state index is 0.444. The number of aryl methyl sites for hydroxylation is 2. The van der Waals surface area contributed by atoms with Crippen molar-refractivity contribution < 1.29 is 0 Å². The molecule has 2 aromatic rings. The number of hydrogen-bond donors (Lipinski definition) is 1. The van der Waals surface area contributed by atoms with Gasteiger partial charge >= 0.3 is 0 Å². The van der Waals surface area contributed by atoms with Crippen LogP contribution in [0.5, 0.6) is 0 Å². The molecule has 0 amide bonds. The van der Waals surface area contributed by atoms with Gasteiger partial charge in [0.25, 0.3) is 0 Å². The Morgan fingerprint density at radius 3 is 2.25 bits per heavy atom. The highest BCUT2D eigenvalue weighted by Gasteiger charge is 2.10. The van der Waals surface area contributed by atoms with Gasteiger partial charge in [-0.2, -0.15) is 0 Å². The molecule has 2 aromatic carbocycles. The van der Waals surface area contributed by atoms with Crippen molar-refractivity contribution in [2.75, 3.05) is 11.9 Å². The Balaban J connectivity index is 2.27. The number of thiocarbonyl (C=S) groups is 1. The quantitative estimate of drug-likeness (QED) is 0.870. The molecule has 20 heavy (non-hydrogen) atoms. The third-order valence-corrected chi connectivity index (χ3v) is 3.59. The minimum absolute atomic E-state index is 0.444. The predicted octanol–water partition coefficient (Wildman–Crippen LogP) is 3.57. The lowest BCUT2D eigenvalue weighted by atomic mass is 10.1. The van der Waals surface area contributed by atoms with Crippen molar-refractivity contribution in [3.63, 3.8) is 0 Å². The van der Waals surface area contributed by atoms with Gasteiger partial charge in [-0.3, -0.25) is 0 Å². The van der Waals surface area contributed by atoms with Gasteiger partial charge in [0.1, 0.15) is 4.99 Å². The van der Waals surface area contributed by atoms with Crippen LogP contribution in [0.2, 0.25) is 0 Å². The molecular weight excluding hydrogens is 264 g/mol. The average molecular weight is 284 g/mol. The van der Waals surface area contributed by atoms with Crippen LogP contribution in [0.25, 0.3) is 0 Å². The second-order valence-electron chi connectivity index (χ2n) is 5.23. The lowest BCUT2D eigenvalue weighted by Crippen LogP contribution is -2.21. The Labute approximate surface area is 126 Å². The summed E-state index contributed by atoms with van der Waals surface area (Å²) in [5, 5.41) is 0. The molecule has 3 heteroatoms. The van der Waals surface area contributed by atoms with Gasteiger partial charge in [0, 0.05) is 24.8 Å². The molecule has 0 saturated carbocycles. The average Bonchev–Trinajstić information content (AvgIpc) is 2.41. The van der Waals surface area contributed by atoms with E-state index in [0.29, 0.717) is 4.99 Å². The van der Waals surface area contributed by atoms with Crippen molar-refractivity contribution in [3.05, 3.63) is 64.7 Å². The molecule has 0 bridgehead atoms. The first-order chi connectivity index (χ1) is 9.47. The van der Waals surface area contributed by atoms with Crippen LogP contribution in [0.3, 0.4) is 0 Å². The van der Waals surface area contributed by atoms with Crippen LogP contribution in [0.1, 0.15) is 22.3 Å². The molecule has 2 rings (SSSR count). The number of anilines is 1. The van der Waals surface area contributed by atoms with E-state index in [9.17, 15) is 0 Å². The van der Waals surface area contributed by atoms with E-state index in [4.69, 9.17) is 18.0 Å². The van der Waals surface area contributed by atoms with Crippen molar-refractivity contribution >= 4 is 22.9 Å². The summed E-state index contributed by atoms with van der Waals surface area (Å²) in [7, 11) is 2.06. The summed E-state index contributed by atoms with van der Waals surface area (Å²) in [6.45, 7) is 4.98. The number of nitrogens with two attached hydrogens (primary N) is 1. The molecule has 0 aliphatic carbocycles. The highest BCUT2D eigenvalue weighted by Crippen LogP contribution is 2.22. The number of hydrogen-bond acceptors (Lipinski definition) is 2. The summed E-state index contributed by atoms with van der Waals surface area (Å²) < 4.78 is 0. The van der Waals surface area contributed by atoms with Gasteiger partial charge in [0.2, 0.25) is 0 Å². The first-order valence-electron chi connectivity index (χ1n) is 6.64. The van der Waals surface area contributed by atoms with Crippen LogP contribution >= 0.6 is 12.2 Å². The van der Waals surface area contributed by atoms with Crippen LogP contribution in [0.4, 0.5) is 5.69 Å². The normalized spacial score (nSPS) is 10.3. The molecule has 0 radical (unpaired) electrons. The summed E-state index contributed by atoms with van der Waals surface area (Å²) >= 11 is 5.16. The molecule has 0 unspecified atom stereocenters. The van der Waals surface area contributed by atoms with E-state index in [-0.39, 0.29) is 0 Å². The fraction of sp³-hybridized carbons (Fsp3) is 0.235. The molecule has 0 atom stereocenters. The third-order valence-electron chi connectivity index (χ3n) is 3.37. The standard InChI is InChI=1S/C17H20N2S/c1-12-4-7-14(8-5-12)11-19(3)16-9-6-13(2)10-15(16)17(18)20/h4-10H,11H2,1-3H3,(H2,18,20). The summed E-state index contributed by atoms with van der Waals surface area (Å²) in [5.74, 6) is 0. The molecule has 0 fully saturated rings. The van der Waals surface area contributed by atoms with E-state index >= 15 is 0 Å². The smallest absolute Gasteiger partial charge is 0.106 e. The lowest BCUT2D eigenvalue weighted by molar-refractivity contribution is 0.920. The maximum absolute atomic E-state index is 5.84. The van der Waals surface area contributed by atoms with Gasteiger partial charge in [0.15, 0.2) is 0 Å². The number of benzene rings is 2. The molecule has 0 saturated heterocycles. The largest absolute Gasteiger partial charge is 0.389 e. The maximum atomic E-state index is 5.84. The van der Waals surface area contributed by atoms with Crippen LogP contribution in [-0.2, 0) is 6.54 Å². The molecular formula is C17H20N2S. The second kappa shape index (κ2) is 6.06. The molecule has 2 nitrogen and oxygen atoms in total. The van der Waals surface area contributed by atoms with E-state index in [1.165, 1.54) is 16.7 Å². The zero-order chi connectivity index (χ0) is 14.7. The van der Waals surface area contributed by atoms with E-state index < -0.39 is 0 Å². The first-order valence-corrected chi connectivity index (χ1v) is 7.05. The van der Waals surface area contributed by atoms with E-state index in [1.807, 2.05) is 13.0 Å². The first kappa shape index (κ1) is 14.5. The van der Waals surface area contributed by atoms with Crippen LogP contribution in [0.15, 0.2) is 42.5 Å². The Kier molecular flexibility index (Phi) is 4.40. The molecule has 0 aliphatic rings. The van der Waals surface area contributed by atoms with E-state index in [2.05, 4.69) is 55.3 Å². The van der Waals surface area contributed by atoms with Gasteiger partial charge < -0.3 is 10.6 Å². The predicted molar refractivity (Wildman–Crippen MR) is 90.4 cm³/mol. The highest BCUT2D eigenvalue weighted by atomic mass is 32.1. The molecule has 0 aliphatic heterocycles. The summed E-state index contributed by atoms with van der Waals surface area (Å²) in [6.07, 6.45) is 0. The lowest BCUT2D eigenvalue weighted by Gasteiger charge is -2.22. The monoisotopic (exact) mass is 284 g/mol. The van der Waals surface area contributed by atoms with Crippen molar-refractivity contribution in [2.24, 2.45) is 5.73 Å². The van der Waals surface area contributed by atoms with Crippen LogP contribution < -0.4 is 10.6 Å². The minimum Gasteiger partial charge on any atom is -0.389 e. The maximum Gasteiger partial charge on any atom is 0.106 e. The SMILES string of the molecule is Cc1ccc(CN(C)c2ccc(C)cc2C(N)=S)cc1. The zero-order valence-corrected chi connectivity index (χ0v) is 13.0. The molecule has 0 aromatic heterocycles. The van der Waals surface area contributed by atoms with Gasteiger partial charge in [-0.15, -0.1) is 0 Å². The fourth-order valence-electron chi connectivity index (χ4n) is 2.23. The molecule has 0 spiro atoms. The summed E-state index contributed by atoms with van der Waals surface area (Å²) in [4.78, 5) is 2.62. The Bertz CT molecular complexity index is 617. The molecule has 2 N–H and O–H groups in total. The summed E-state index contributed by atoms with van der Waals surface area (Å²) in [6, 6.07) is 14.8. The number of rotatable bonds is 4. The summed E-state index contributed by atoms with van der Waals surface area (Å²) in [5.41, 5.74) is 11.6. The van der Waals surface area contributed by atoms with Gasteiger partial charge in [0.05, 0.1) is 0 Å². The van der Waals surface area contributed by atoms with Gasteiger partial charge in [-0.05, 0) is 31.5 Å². The van der Waals surface area contributed by atoms with Crippen LogP contribution in [-0.4, -0.2) is 12.0 Å². The van der Waals surface area contributed by atoms with Crippen molar-refractivity contribution in [1.82, 2.24) is 0 Å². The molecule has 104 valence electrons. The Hall–Kier alpha value is -1.87.